The van der Waals surface area contributed by atoms with E-state index in [0.29, 0.717) is 24.0 Å². The number of likely N-dealkylation sites (N-methyl/N-ethyl adjacent to an activating group) is 1. The topological polar surface area (TPSA) is 43.9 Å². The molecule has 0 N–H and O–H groups in total. The zero-order valence-electron chi connectivity index (χ0n) is 14.5. The van der Waals surface area contributed by atoms with E-state index >= 15 is 0 Å². The lowest BCUT2D eigenvalue weighted by Crippen LogP contribution is -2.48. The van der Waals surface area contributed by atoms with Gasteiger partial charge >= 0.3 is 0 Å². The standard InChI is InChI=1S/C17H29N3O2S/c1-18(2)12-8-13-19(3)16-9-7-14-20(15-16)23(21,22)17-10-5-4-6-11-17/h4-6,10-11,16H,7-9,12-15H2,1-3H3. The minimum atomic E-state index is -3.36. The second-order valence-electron chi connectivity index (χ2n) is 6.61. The summed E-state index contributed by atoms with van der Waals surface area (Å²) in [6.07, 6.45) is 3.10. The summed E-state index contributed by atoms with van der Waals surface area (Å²) < 4.78 is 27.2. The Labute approximate surface area is 140 Å². The first-order valence-corrected chi connectivity index (χ1v) is 9.75. The zero-order chi connectivity index (χ0) is 16.9. The van der Waals surface area contributed by atoms with E-state index < -0.39 is 10.0 Å². The molecule has 0 saturated carbocycles. The normalized spacial score (nSPS) is 20.3. The van der Waals surface area contributed by atoms with Gasteiger partial charge in [0.25, 0.3) is 0 Å². The van der Waals surface area contributed by atoms with E-state index in [2.05, 4.69) is 30.9 Å². The quantitative estimate of drug-likeness (QED) is 0.759. The van der Waals surface area contributed by atoms with Crippen LogP contribution in [0.3, 0.4) is 0 Å². The average Bonchev–Trinajstić information content (AvgIpc) is 2.55. The van der Waals surface area contributed by atoms with Crippen LogP contribution in [0, 0.1) is 0 Å². The summed E-state index contributed by atoms with van der Waals surface area (Å²) in [7, 11) is 2.90. The van der Waals surface area contributed by atoms with Crippen LogP contribution in [0.25, 0.3) is 0 Å². The number of sulfonamides is 1. The zero-order valence-corrected chi connectivity index (χ0v) is 15.3. The number of piperidine rings is 1. The van der Waals surface area contributed by atoms with E-state index in [4.69, 9.17) is 0 Å². The molecule has 23 heavy (non-hydrogen) atoms. The molecule has 1 saturated heterocycles. The largest absolute Gasteiger partial charge is 0.309 e. The van der Waals surface area contributed by atoms with E-state index in [1.807, 2.05) is 6.07 Å². The maximum absolute atomic E-state index is 12.8. The highest BCUT2D eigenvalue weighted by molar-refractivity contribution is 7.89. The van der Waals surface area contributed by atoms with Gasteiger partial charge in [0.1, 0.15) is 0 Å². The summed E-state index contributed by atoms with van der Waals surface area (Å²) in [5, 5.41) is 0. The molecule has 1 atom stereocenters. The molecule has 0 amide bonds. The number of rotatable bonds is 7. The Morgan fingerprint density at radius 2 is 1.83 bits per heavy atom. The molecule has 0 aromatic heterocycles. The Morgan fingerprint density at radius 3 is 2.48 bits per heavy atom. The Morgan fingerprint density at radius 1 is 1.13 bits per heavy atom. The van der Waals surface area contributed by atoms with Gasteiger partial charge in [-0.25, -0.2) is 8.42 Å². The fraction of sp³-hybridized carbons (Fsp3) is 0.647. The first-order chi connectivity index (χ1) is 10.9. The van der Waals surface area contributed by atoms with Crippen molar-refractivity contribution >= 4 is 10.0 Å². The highest BCUT2D eigenvalue weighted by Gasteiger charge is 2.31. The van der Waals surface area contributed by atoms with E-state index in [-0.39, 0.29) is 0 Å². The fourth-order valence-electron chi connectivity index (χ4n) is 3.06. The van der Waals surface area contributed by atoms with Crippen molar-refractivity contribution in [2.75, 3.05) is 47.3 Å². The van der Waals surface area contributed by atoms with Crippen molar-refractivity contribution in [1.29, 1.82) is 0 Å². The van der Waals surface area contributed by atoms with Crippen LogP contribution < -0.4 is 0 Å². The van der Waals surface area contributed by atoms with Crippen molar-refractivity contribution in [3.8, 4) is 0 Å². The second kappa shape index (κ2) is 8.24. The molecule has 130 valence electrons. The van der Waals surface area contributed by atoms with Gasteiger partial charge in [-0.05, 0) is 65.6 Å². The van der Waals surface area contributed by atoms with Gasteiger partial charge in [0.2, 0.25) is 10.0 Å². The van der Waals surface area contributed by atoms with Gasteiger partial charge in [0.05, 0.1) is 4.90 Å². The molecule has 1 heterocycles. The van der Waals surface area contributed by atoms with Crippen LogP contribution in [-0.2, 0) is 10.0 Å². The maximum atomic E-state index is 12.8. The van der Waals surface area contributed by atoms with Gasteiger partial charge in [0.15, 0.2) is 0 Å². The van der Waals surface area contributed by atoms with Crippen LogP contribution in [-0.4, -0.2) is 75.9 Å². The third kappa shape index (κ3) is 5.01. The van der Waals surface area contributed by atoms with Crippen LogP contribution in [0.4, 0.5) is 0 Å². The van der Waals surface area contributed by atoms with Crippen LogP contribution in [0.2, 0.25) is 0 Å². The lowest BCUT2D eigenvalue weighted by atomic mass is 10.1. The molecule has 1 aliphatic heterocycles. The van der Waals surface area contributed by atoms with Crippen LogP contribution in [0.5, 0.6) is 0 Å². The van der Waals surface area contributed by atoms with E-state index in [1.54, 1.807) is 28.6 Å². The lowest BCUT2D eigenvalue weighted by molar-refractivity contribution is 0.158. The summed E-state index contributed by atoms with van der Waals surface area (Å²) >= 11 is 0. The van der Waals surface area contributed by atoms with Gasteiger partial charge in [-0.15, -0.1) is 0 Å². The van der Waals surface area contributed by atoms with E-state index in [1.165, 1.54) is 0 Å². The summed E-state index contributed by atoms with van der Waals surface area (Å²) in [5.74, 6) is 0. The van der Waals surface area contributed by atoms with Crippen molar-refractivity contribution in [3.63, 3.8) is 0 Å². The molecule has 2 rings (SSSR count). The number of benzene rings is 1. The van der Waals surface area contributed by atoms with Crippen molar-refractivity contribution in [3.05, 3.63) is 30.3 Å². The van der Waals surface area contributed by atoms with E-state index in [9.17, 15) is 8.42 Å². The summed E-state index contributed by atoms with van der Waals surface area (Å²) in [6.45, 7) is 3.28. The maximum Gasteiger partial charge on any atom is 0.243 e. The second-order valence-corrected chi connectivity index (χ2v) is 8.55. The number of hydrogen-bond donors (Lipinski definition) is 0. The molecule has 0 bridgehead atoms. The molecule has 1 unspecified atom stereocenters. The summed E-state index contributed by atoms with van der Waals surface area (Å²) in [4.78, 5) is 4.90. The van der Waals surface area contributed by atoms with Crippen LogP contribution in [0.1, 0.15) is 19.3 Å². The number of hydrogen-bond acceptors (Lipinski definition) is 4. The SMILES string of the molecule is CN(C)CCCN(C)C1CCCN(S(=O)(=O)c2ccccc2)C1. The molecule has 1 fully saturated rings. The van der Waals surface area contributed by atoms with Gasteiger partial charge in [0, 0.05) is 19.1 Å². The minimum absolute atomic E-state index is 0.310. The van der Waals surface area contributed by atoms with Crippen molar-refractivity contribution in [2.45, 2.75) is 30.2 Å². The highest BCUT2D eigenvalue weighted by atomic mass is 32.2. The third-order valence-corrected chi connectivity index (χ3v) is 6.36. The smallest absolute Gasteiger partial charge is 0.243 e. The Kier molecular flexibility index (Phi) is 6.59. The minimum Gasteiger partial charge on any atom is -0.309 e. The lowest BCUT2D eigenvalue weighted by Gasteiger charge is -2.37. The summed E-state index contributed by atoms with van der Waals surface area (Å²) in [6, 6.07) is 9.07. The van der Waals surface area contributed by atoms with Crippen LogP contribution in [0.15, 0.2) is 35.2 Å². The monoisotopic (exact) mass is 339 g/mol. The average molecular weight is 340 g/mol. The molecular weight excluding hydrogens is 310 g/mol. The highest BCUT2D eigenvalue weighted by Crippen LogP contribution is 2.22. The van der Waals surface area contributed by atoms with Gasteiger partial charge < -0.3 is 9.80 Å². The first-order valence-electron chi connectivity index (χ1n) is 8.31. The first kappa shape index (κ1) is 18.4. The molecule has 1 aromatic carbocycles. The molecule has 0 radical (unpaired) electrons. The van der Waals surface area contributed by atoms with Gasteiger partial charge in [-0.2, -0.15) is 4.31 Å². The van der Waals surface area contributed by atoms with E-state index in [0.717, 1.165) is 32.4 Å². The Bertz CT molecular complexity index is 575. The molecule has 6 heteroatoms. The fourth-order valence-corrected chi connectivity index (χ4v) is 4.60. The third-order valence-electron chi connectivity index (χ3n) is 4.48. The van der Waals surface area contributed by atoms with Crippen molar-refractivity contribution < 1.29 is 8.42 Å². The van der Waals surface area contributed by atoms with Gasteiger partial charge in [-0.1, -0.05) is 18.2 Å². The Balaban J connectivity index is 1.98. The molecular formula is C17H29N3O2S. The van der Waals surface area contributed by atoms with Crippen molar-refractivity contribution in [2.24, 2.45) is 0 Å². The molecule has 1 aliphatic rings. The Hall–Kier alpha value is -0.950. The van der Waals surface area contributed by atoms with Gasteiger partial charge in [-0.3, -0.25) is 0 Å². The number of nitrogens with zero attached hydrogens (tertiary/aromatic N) is 3. The molecule has 5 nitrogen and oxygen atoms in total. The molecule has 0 aliphatic carbocycles. The molecule has 1 aromatic rings. The van der Waals surface area contributed by atoms with Crippen LogP contribution >= 0.6 is 0 Å². The predicted molar refractivity (Wildman–Crippen MR) is 94.0 cm³/mol. The summed E-state index contributed by atoms with van der Waals surface area (Å²) in [5.41, 5.74) is 0. The van der Waals surface area contributed by atoms with Crippen molar-refractivity contribution in [1.82, 2.24) is 14.1 Å². The predicted octanol–water partition coefficient (Wildman–Crippen LogP) is 1.72. The molecule has 0 spiro atoms.